The fourth-order valence-electron chi connectivity index (χ4n) is 1.48. The van der Waals surface area contributed by atoms with Crippen molar-refractivity contribution in [2.45, 2.75) is 20.4 Å². The highest BCUT2D eigenvalue weighted by Crippen LogP contribution is 2.13. The van der Waals surface area contributed by atoms with E-state index in [1.165, 1.54) is 0 Å². The van der Waals surface area contributed by atoms with Crippen LogP contribution in [0, 0.1) is 0 Å². The summed E-state index contributed by atoms with van der Waals surface area (Å²) in [5, 5.41) is 5.60. The van der Waals surface area contributed by atoms with Crippen LogP contribution in [0.1, 0.15) is 19.5 Å². The molecule has 0 unspecified atom stereocenters. The maximum absolute atomic E-state index is 11.2. The molecule has 0 saturated carbocycles. The molecular weight excluding hydrogens is 230 g/mol. The van der Waals surface area contributed by atoms with Gasteiger partial charge in [0, 0.05) is 13.2 Å². The van der Waals surface area contributed by atoms with Crippen molar-refractivity contribution in [3.05, 3.63) is 50.5 Å². The molecule has 0 spiro atoms. The first-order chi connectivity index (χ1) is 8.74. The van der Waals surface area contributed by atoms with E-state index in [1.54, 1.807) is 13.2 Å². The van der Waals surface area contributed by atoms with Gasteiger partial charge in [-0.25, -0.2) is 0 Å². The van der Waals surface area contributed by atoms with Crippen LogP contribution >= 0.6 is 0 Å². The molecule has 0 saturated heterocycles. The molecule has 2 rings (SSSR count). The lowest BCUT2D eigenvalue weighted by Gasteiger charge is -2.11. The third-order valence-corrected chi connectivity index (χ3v) is 2.33. The largest absolute Gasteiger partial charge is 0.383 e. The Hall–Kier alpha value is -2.17. The second kappa shape index (κ2) is 6.54. The molecule has 1 aromatic carbocycles. The Labute approximate surface area is 106 Å². The zero-order valence-electron chi connectivity index (χ0n) is 10.8. The summed E-state index contributed by atoms with van der Waals surface area (Å²) in [4.78, 5) is 26.4. The quantitative estimate of drug-likeness (QED) is 0.798. The van der Waals surface area contributed by atoms with Gasteiger partial charge in [0.05, 0.1) is 12.2 Å². The van der Waals surface area contributed by atoms with Gasteiger partial charge in [0.1, 0.15) is 11.4 Å². The van der Waals surface area contributed by atoms with E-state index in [0.29, 0.717) is 17.9 Å². The molecule has 2 N–H and O–H groups in total. The average molecular weight is 247 g/mol. The van der Waals surface area contributed by atoms with Gasteiger partial charge in [-0.2, -0.15) is 0 Å². The molecule has 0 radical (unpaired) electrons. The van der Waals surface area contributed by atoms with Gasteiger partial charge in [-0.1, -0.05) is 19.9 Å². The monoisotopic (exact) mass is 247 g/mol. The molecule has 18 heavy (non-hydrogen) atoms. The fourth-order valence-corrected chi connectivity index (χ4v) is 1.48. The number of aromatic nitrogens is 1. The average Bonchev–Trinajstić information content (AvgIpc) is 2.45. The fraction of sp³-hybridized carbons (Fsp3) is 0.308. The summed E-state index contributed by atoms with van der Waals surface area (Å²) in [7, 11) is 1.61. The normalized spacial score (nSPS) is 9.50. The summed E-state index contributed by atoms with van der Waals surface area (Å²) in [6.45, 7) is 4.43. The van der Waals surface area contributed by atoms with Crippen LogP contribution in [0.3, 0.4) is 0 Å². The van der Waals surface area contributed by atoms with Gasteiger partial charge in [-0.15, -0.1) is 0 Å². The number of nitrogens with one attached hydrogen (secondary N) is 2. The molecule has 0 aliphatic heterocycles. The molecule has 1 heterocycles. The van der Waals surface area contributed by atoms with Gasteiger partial charge < -0.3 is 10.6 Å². The van der Waals surface area contributed by atoms with Crippen molar-refractivity contribution in [3.8, 4) is 0 Å². The highest BCUT2D eigenvalue weighted by atomic mass is 16.2. The van der Waals surface area contributed by atoms with Crippen LogP contribution in [0.25, 0.3) is 0 Å². The van der Waals surface area contributed by atoms with Gasteiger partial charge >= 0.3 is 0 Å². The molecule has 0 atom stereocenters. The number of anilines is 2. The number of rotatable bonds is 4. The van der Waals surface area contributed by atoms with E-state index in [4.69, 9.17) is 0 Å². The first-order valence-electron chi connectivity index (χ1n) is 5.89. The first-order valence-corrected chi connectivity index (χ1v) is 5.89. The lowest BCUT2D eigenvalue weighted by Crippen LogP contribution is -2.36. The molecule has 0 amide bonds. The zero-order valence-corrected chi connectivity index (χ0v) is 10.8. The summed E-state index contributed by atoms with van der Waals surface area (Å²) in [6.07, 6.45) is 1.68. The Morgan fingerprint density at radius 1 is 1.11 bits per heavy atom. The molecule has 0 fully saturated rings. The Morgan fingerprint density at radius 3 is 2.33 bits per heavy atom. The molecule has 0 aliphatic carbocycles. The molecule has 0 aliphatic rings. The number of hydrogen-bond acceptors (Lipinski definition) is 5. The van der Waals surface area contributed by atoms with Gasteiger partial charge in [-0.3, -0.25) is 14.6 Å². The second-order valence-electron chi connectivity index (χ2n) is 3.33. The third kappa shape index (κ3) is 2.74. The Bertz CT molecular complexity index is 557. The standard InChI is InChI=1S/C11H11N3O2.C2H6/c1-12-8-9(11(16)10(8)15)14-6-7-4-2-3-5-13-7;1-2/h2-5,12,14H,6H2,1H3;1-2H3. The van der Waals surface area contributed by atoms with Crippen LogP contribution in [-0.2, 0) is 6.54 Å². The second-order valence-corrected chi connectivity index (χ2v) is 3.33. The molecule has 2 aromatic rings. The summed E-state index contributed by atoms with van der Waals surface area (Å²) in [6, 6.07) is 5.53. The summed E-state index contributed by atoms with van der Waals surface area (Å²) in [5.74, 6) is 0. The van der Waals surface area contributed by atoms with Crippen molar-refractivity contribution in [1.29, 1.82) is 0 Å². The Morgan fingerprint density at radius 2 is 1.78 bits per heavy atom. The smallest absolute Gasteiger partial charge is 0.253 e. The van der Waals surface area contributed by atoms with Crippen LogP contribution in [0.15, 0.2) is 34.0 Å². The maximum Gasteiger partial charge on any atom is 0.253 e. The molecule has 1 aromatic heterocycles. The van der Waals surface area contributed by atoms with Gasteiger partial charge in [0.2, 0.25) is 0 Å². The summed E-state index contributed by atoms with van der Waals surface area (Å²) < 4.78 is 0. The van der Waals surface area contributed by atoms with Crippen LogP contribution < -0.4 is 21.5 Å². The summed E-state index contributed by atoms with van der Waals surface area (Å²) >= 11 is 0. The molecular formula is C13H17N3O2. The lowest BCUT2D eigenvalue weighted by molar-refractivity contribution is 1.04. The number of hydrogen-bond donors (Lipinski definition) is 2. The predicted octanol–water partition coefficient (Wildman–Crippen LogP) is 1.36. The minimum absolute atomic E-state index is 0.346. The number of nitrogens with zero attached hydrogens (tertiary/aromatic N) is 1. The molecule has 5 nitrogen and oxygen atoms in total. The minimum atomic E-state index is -0.472. The predicted molar refractivity (Wildman–Crippen MR) is 73.8 cm³/mol. The van der Waals surface area contributed by atoms with E-state index in [1.807, 2.05) is 32.0 Å². The van der Waals surface area contributed by atoms with Gasteiger partial charge in [0.15, 0.2) is 0 Å². The first kappa shape index (κ1) is 13.9. The van der Waals surface area contributed by atoms with Gasteiger partial charge in [0.25, 0.3) is 10.9 Å². The summed E-state index contributed by atoms with van der Waals surface area (Å²) in [5.41, 5.74) is 0.572. The van der Waals surface area contributed by atoms with Crippen molar-refractivity contribution < 1.29 is 0 Å². The van der Waals surface area contributed by atoms with E-state index in [2.05, 4.69) is 15.6 Å². The Balaban J connectivity index is 0.000000771. The minimum Gasteiger partial charge on any atom is -0.383 e. The molecule has 96 valence electrons. The zero-order chi connectivity index (χ0) is 13.5. The van der Waals surface area contributed by atoms with E-state index < -0.39 is 10.9 Å². The molecule has 5 heteroatoms. The third-order valence-electron chi connectivity index (χ3n) is 2.33. The maximum atomic E-state index is 11.2. The Kier molecular flexibility index (Phi) is 5.05. The van der Waals surface area contributed by atoms with Crippen molar-refractivity contribution in [1.82, 2.24) is 4.98 Å². The van der Waals surface area contributed by atoms with Crippen molar-refractivity contribution in [2.75, 3.05) is 17.7 Å². The topological polar surface area (TPSA) is 71.1 Å². The van der Waals surface area contributed by atoms with Gasteiger partial charge in [-0.05, 0) is 12.1 Å². The van der Waals surface area contributed by atoms with Crippen molar-refractivity contribution in [2.24, 2.45) is 0 Å². The van der Waals surface area contributed by atoms with Crippen LogP contribution in [0.4, 0.5) is 11.4 Å². The SMILES string of the molecule is CC.CNc1c(NCc2ccccn2)c(=O)c1=O. The van der Waals surface area contributed by atoms with E-state index >= 15 is 0 Å². The van der Waals surface area contributed by atoms with E-state index in [0.717, 1.165) is 5.69 Å². The van der Waals surface area contributed by atoms with E-state index in [-0.39, 0.29) is 0 Å². The lowest BCUT2D eigenvalue weighted by atomic mass is 10.2. The highest BCUT2D eigenvalue weighted by Gasteiger charge is 2.18. The van der Waals surface area contributed by atoms with Crippen molar-refractivity contribution >= 4 is 11.4 Å². The highest BCUT2D eigenvalue weighted by molar-refractivity contribution is 5.73. The van der Waals surface area contributed by atoms with Crippen LogP contribution in [-0.4, -0.2) is 12.0 Å². The van der Waals surface area contributed by atoms with Crippen LogP contribution in [0.2, 0.25) is 0 Å². The van der Waals surface area contributed by atoms with Crippen LogP contribution in [0.5, 0.6) is 0 Å². The number of pyridine rings is 1. The van der Waals surface area contributed by atoms with Crippen molar-refractivity contribution in [3.63, 3.8) is 0 Å². The van der Waals surface area contributed by atoms with E-state index in [9.17, 15) is 9.59 Å². The molecule has 0 bridgehead atoms.